The maximum Gasteiger partial charge on any atom is 0.225 e. The fraction of sp³-hybridized carbons (Fsp3) is 0.324. The van der Waals surface area contributed by atoms with Gasteiger partial charge < -0.3 is 23.8 Å². The second-order valence-electron chi connectivity index (χ2n) is 10.3. The average molecular weight is 557 g/mol. The van der Waals surface area contributed by atoms with Crippen molar-refractivity contribution >= 4 is 5.69 Å². The zero-order valence-electron chi connectivity index (χ0n) is 23.7. The lowest BCUT2D eigenvalue weighted by molar-refractivity contribution is -0.115. The molecule has 0 aliphatic carbocycles. The summed E-state index contributed by atoms with van der Waals surface area (Å²) in [5, 5.41) is 0. The summed E-state index contributed by atoms with van der Waals surface area (Å²) in [6.45, 7) is 2.42. The Labute approximate surface area is 241 Å². The van der Waals surface area contributed by atoms with Gasteiger partial charge in [0.15, 0.2) is 6.29 Å². The number of ether oxygens (including phenoxy) is 4. The van der Waals surface area contributed by atoms with Gasteiger partial charge in [-0.15, -0.1) is 0 Å². The summed E-state index contributed by atoms with van der Waals surface area (Å²) >= 11 is 0. The Morgan fingerprint density at radius 1 is 0.780 bits per heavy atom. The predicted molar refractivity (Wildman–Crippen MR) is 159 cm³/mol. The van der Waals surface area contributed by atoms with Gasteiger partial charge in [0.1, 0.15) is 19.0 Å². The summed E-state index contributed by atoms with van der Waals surface area (Å²) < 4.78 is 38.5. The molecule has 214 valence electrons. The molecule has 2 heterocycles. The van der Waals surface area contributed by atoms with E-state index in [4.69, 9.17) is 18.9 Å². The number of hydrogen-bond donors (Lipinski definition) is 0. The van der Waals surface area contributed by atoms with Crippen LogP contribution in [0.25, 0.3) is 11.1 Å². The van der Waals surface area contributed by atoms with Crippen molar-refractivity contribution in [3.63, 3.8) is 0 Å². The highest BCUT2D eigenvalue weighted by Crippen LogP contribution is 2.35. The number of pyridine rings is 1. The SMILES string of the molecule is COC(CC1CCN(c2ccc(-c3ccc(OCc4ccccc4)nc3OCc3ccccc3)c(F)c2)CC1)OC. The van der Waals surface area contributed by atoms with Crippen molar-refractivity contribution in [3.8, 4) is 22.9 Å². The predicted octanol–water partition coefficient (Wildman–Crippen LogP) is 7.27. The number of piperidine rings is 1. The molecule has 0 unspecified atom stereocenters. The van der Waals surface area contributed by atoms with Crippen LogP contribution in [0.4, 0.5) is 10.1 Å². The summed E-state index contributed by atoms with van der Waals surface area (Å²) in [4.78, 5) is 6.88. The highest BCUT2D eigenvalue weighted by Gasteiger charge is 2.24. The van der Waals surface area contributed by atoms with Crippen molar-refractivity contribution in [1.29, 1.82) is 0 Å². The molecule has 1 aliphatic rings. The molecule has 0 spiro atoms. The van der Waals surface area contributed by atoms with Crippen LogP contribution in [0.1, 0.15) is 30.4 Å². The lowest BCUT2D eigenvalue weighted by Crippen LogP contribution is -2.35. The van der Waals surface area contributed by atoms with E-state index in [9.17, 15) is 0 Å². The summed E-state index contributed by atoms with van der Waals surface area (Å²) in [6, 6.07) is 28.7. The van der Waals surface area contributed by atoms with Gasteiger partial charge in [-0.2, -0.15) is 4.98 Å². The second-order valence-corrected chi connectivity index (χ2v) is 10.3. The van der Waals surface area contributed by atoms with Gasteiger partial charge in [-0.3, -0.25) is 0 Å². The van der Waals surface area contributed by atoms with E-state index in [2.05, 4.69) is 9.88 Å². The van der Waals surface area contributed by atoms with Crippen LogP contribution in [-0.4, -0.2) is 38.6 Å². The Kier molecular flexibility index (Phi) is 9.83. The van der Waals surface area contributed by atoms with Gasteiger partial charge in [0.05, 0.1) is 0 Å². The smallest absolute Gasteiger partial charge is 0.225 e. The van der Waals surface area contributed by atoms with Crippen molar-refractivity contribution in [2.24, 2.45) is 5.92 Å². The molecule has 3 aromatic carbocycles. The van der Waals surface area contributed by atoms with Crippen molar-refractivity contribution in [1.82, 2.24) is 4.98 Å². The molecule has 0 bridgehead atoms. The molecule has 4 aromatic rings. The van der Waals surface area contributed by atoms with Gasteiger partial charge in [-0.1, -0.05) is 60.7 Å². The minimum Gasteiger partial charge on any atom is -0.473 e. The van der Waals surface area contributed by atoms with Crippen molar-refractivity contribution < 1.29 is 23.3 Å². The highest BCUT2D eigenvalue weighted by atomic mass is 19.1. The fourth-order valence-electron chi connectivity index (χ4n) is 5.18. The Hall–Kier alpha value is -3.94. The Morgan fingerprint density at radius 2 is 1.39 bits per heavy atom. The van der Waals surface area contributed by atoms with Crippen LogP contribution in [0.2, 0.25) is 0 Å². The van der Waals surface area contributed by atoms with E-state index in [0.717, 1.165) is 49.2 Å². The zero-order valence-corrected chi connectivity index (χ0v) is 23.7. The standard InChI is InChI=1S/C34H37FN2O4/c1-38-33(39-2)21-25-17-19-37(20-18-25)28-13-14-29(31(35)22-28)30-15-16-32(40-23-26-9-5-3-6-10-26)36-34(30)41-24-27-11-7-4-8-12-27/h3-16,22,25,33H,17-21,23-24H2,1-2H3. The zero-order chi connectivity index (χ0) is 28.4. The summed E-state index contributed by atoms with van der Waals surface area (Å²) in [5.41, 5.74) is 3.94. The van der Waals surface area contributed by atoms with E-state index >= 15 is 4.39 Å². The third kappa shape index (κ3) is 7.63. The van der Waals surface area contributed by atoms with Crippen LogP contribution in [0, 0.1) is 11.7 Å². The van der Waals surface area contributed by atoms with E-state index in [1.54, 1.807) is 26.4 Å². The molecule has 6 nitrogen and oxygen atoms in total. The number of benzene rings is 3. The lowest BCUT2D eigenvalue weighted by atomic mass is 9.93. The van der Waals surface area contributed by atoms with E-state index in [1.165, 1.54) is 0 Å². The first-order chi connectivity index (χ1) is 20.1. The Bertz CT molecular complexity index is 1370. The van der Waals surface area contributed by atoms with Gasteiger partial charge in [0.25, 0.3) is 0 Å². The molecule has 41 heavy (non-hydrogen) atoms. The minimum atomic E-state index is -0.312. The van der Waals surface area contributed by atoms with Gasteiger partial charge in [0.2, 0.25) is 11.8 Å². The van der Waals surface area contributed by atoms with E-state index in [1.807, 2.05) is 78.9 Å². The number of nitrogens with zero attached hydrogens (tertiary/aromatic N) is 2. The van der Waals surface area contributed by atoms with E-state index in [0.29, 0.717) is 42.0 Å². The number of methoxy groups -OCH3 is 2. The molecular weight excluding hydrogens is 519 g/mol. The van der Waals surface area contributed by atoms with Crippen molar-refractivity contribution in [3.05, 3.63) is 108 Å². The van der Waals surface area contributed by atoms with Crippen LogP contribution in [0.15, 0.2) is 91.0 Å². The second kappa shape index (κ2) is 14.1. The Morgan fingerprint density at radius 3 is 2.00 bits per heavy atom. The molecule has 1 aliphatic heterocycles. The van der Waals surface area contributed by atoms with Gasteiger partial charge in [0, 0.05) is 56.6 Å². The molecule has 0 atom stereocenters. The summed E-state index contributed by atoms with van der Waals surface area (Å²) in [5.74, 6) is 0.966. The van der Waals surface area contributed by atoms with Gasteiger partial charge in [-0.05, 0) is 54.2 Å². The number of halogens is 1. The molecule has 1 aromatic heterocycles. The first kappa shape index (κ1) is 28.6. The first-order valence-electron chi connectivity index (χ1n) is 14.1. The van der Waals surface area contributed by atoms with E-state index in [-0.39, 0.29) is 12.1 Å². The average Bonchev–Trinajstić information content (AvgIpc) is 3.03. The van der Waals surface area contributed by atoms with Crippen molar-refractivity contribution in [2.45, 2.75) is 38.8 Å². The largest absolute Gasteiger partial charge is 0.473 e. The monoisotopic (exact) mass is 556 g/mol. The molecule has 0 saturated carbocycles. The van der Waals surface area contributed by atoms with Crippen LogP contribution >= 0.6 is 0 Å². The fourth-order valence-corrected chi connectivity index (χ4v) is 5.18. The molecule has 7 heteroatoms. The van der Waals surface area contributed by atoms with Gasteiger partial charge in [-0.25, -0.2) is 4.39 Å². The minimum absolute atomic E-state index is 0.176. The quantitative estimate of drug-likeness (QED) is 0.171. The van der Waals surface area contributed by atoms with Crippen LogP contribution in [0.5, 0.6) is 11.8 Å². The van der Waals surface area contributed by atoms with Crippen LogP contribution in [0.3, 0.4) is 0 Å². The van der Waals surface area contributed by atoms with Gasteiger partial charge >= 0.3 is 0 Å². The molecule has 1 fully saturated rings. The third-order valence-electron chi connectivity index (χ3n) is 7.56. The summed E-state index contributed by atoms with van der Waals surface area (Å²) in [7, 11) is 3.35. The molecule has 0 radical (unpaired) electrons. The summed E-state index contributed by atoms with van der Waals surface area (Å²) in [6.07, 6.45) is 2.72. The lowest BCUT2D eigenvalue weighted by Gasteiger charge is -2.34. The molecule has 1 saturated heterocycles. The normalized spacial score (nSPS) is 13.9. The highest BCUT2D eigenvalue weighted by molar-refractivity contribution is 5.72. The number of aromatic nitrogens is 1. The first-order valence-corrected chi connectivity index (χ1v) is 14.1. The van der Waals surface area contributed by atoms with Crippen molar-refractivity contribution in [2.75, 3.05) is 32.2 Å². The number of rotatable bonds is 12. The molecule has 0 N–H and O–H groups in total. The molecule has 5 rings (SSSR count). The molecular formula is C34H37FN2O4. The molecule has 0 amide bonds. The third-order valence-corrected chi connectivity index (χ3v) is 7.56. The maximum atomic E-state index is 15.7. The Balaban J connectivity index is 1.32. The van der Waals surface area contributed by atoms with E-state index < -0.39 is 0 Å². The number of hydrogen-bond acceptors (Lipinski definition) is 6. The van der Waals surface area contributed by atoms with Crippen LogP contribution in [-0.2, 0) is 22.7 Å². The maximum absolute atomic E-state index is 15.7. The topological polar surface area (TPSA) is 53.1 Å². The number of anilines is 1. The van der Waals surface area contributed by atoms with Crippen LogP contribution < -0.4 is 14.4 Å².